The van der Waals surface area contributed by atoms with E-state index in [4.69, 9.17) is 4.42 Å². The molecule has 1 unspecified atom stereocenters. The van der Waals surface area contributed by atoms with Crippen LogP contribution in [0.4, 0.5) is 4.39 Å². The lowest BCUT2D eigenvalue weighted by molar-refractivity contribution is 0.185. The number of furan rings is 1. The average molecular weight is 363 g/mol. The predicted octanol–water partition coefficient (Wildman–Crippen LogP) is 3.68. The molecule has 7 heteroatoms. The van der Waals surface area contributed by atoms with E-state index in [-0.39, 0.29) is 11.9 Å². The van der Waals surface area contributed by atoms with Crippen molar-refractivity contribution in [1.82, 2.24) is 25.1 Å². The number of benzene rings is 1. The molecule has 4 aromatic rings. The summed E-state index contributed by atoms with van der Waals surface area (Å²) in [5, 5.41) is 7.36. The number of H-pyrrole nitrogens is 2. The van der Waals surface area contributed by atoms with E-state index in [0.717, 1.165) is 46.9 Å². The van der Waals surface area contributed by atoms with Gasteiger partial charge in [-0.3, -0.25) is 10.00 Å². The van der Waals surface area contributed by atoms with Crippen molar-refractivity contribution in [3.63, 3.8) is 0 Å². The first-order valence-electron chi connectivity index (χ1n) is 8.87. The number of imidazole rings is 1. The van der Waals surface area contributed by atoms with Gasteiger partial charge in [-0.05, 0) is 36.4 Å². The lowest BCUT2D eigenvalue weighted by Crippen LogP contribution is -2.35. The van der Waals surface area contributed by atoms with Crippen LogP contribution in [0.2, 0.25) is 0 Å². The highest BCUT2D eigenvalue weighted by molar-refractivity contribution is 5.64. The van der Waals surface area contributed by atoms with Crippen molar-refractivity contribution in [1.29, 1.82) is 0 Å². The molecule has 0 aliphatic carbocycles. The molecule has 5 rings (SSSR count). The van der Waals surface area contributed by atoms with Crippen LogP contribution in [0.25, 0.3) is 11.3 Å². The van der Waals surface area contributed by atoms with E-state index in [1.807, 2.05) is 18.3 Å². The van der Waals surface area contributed by atoms with Crippen LogP contribution in [-0.4, -0.2) is 31.6 Å². The fourth-order valence-corrected chi connectivity index (χ4v) is 3.79. The molecule has 1 atom stereocenters. The Balaban J connectivity index is 1.58. The number of fused-ring (bicyclic) bond motifs is 1. The Bertz CT molecular complexity index is 1030. The predicted molar refractivity (Wildman–Crippen MR) is 97.2 cm³/mol. The quantitative estimate of drug-likeness (QED) is 0.580. The Morgan fingerprint density at radius 2 is 2.11 bits per heavy atom. The molecule has 0 fully saturated rings. The van der Waals surface area contributed by atoms with Crippen molar-refractivity contribution in [3.8, 4) is 11.3 Å². The van der Waals surface area contributed by atoms with Crippen molar-refractivity contribution in [2.24, 2.45) is 0 Å². The van der Waals surface area contributed by atoms with Crippen molar-refractivity contribution in [2.45, 2.75) is 19.0 Å². The number of rotatable bonds is 4. The second-order valence-corrected chi connectivity index (χ2v) is 6.68. The minimum Gasteiger partial charge on any atom is -0.468 e. The SMILES string of the molecule is Fc1ccc(-c2[nH]ncc2C2c3nc[nH]c3CCN2Cc2ccco2)cc1. The second kappa shape index (κ2) is 6.51. The van der Waals surface area contributed by atoms with Crippen LogP contribution in [-0.2, 0) is 13.0 Å². The van der Waals surface area contributed by atoms with Crippen molar-refractivity contribution < 1.29 is 8.81 Å². The Kier molecular flexibility index (Phi) is 3.86. The van der Waals surface area contributed by atoms with E-state index in [0.29, 0.717) is 6.54 Å². The molecular weight excluding hydrogens is 345 g/mol. The molecule has 6 nitrogen and oxygen atoms in total. The lowest BCUT2D eigenvalue weighted by atomic mass is 9.94. The van der Waals surface area contributed by atoms with Gasteiger partial charge in [0, 0.05) is 29.8 Å². The first kappa shape index (κ1) is 16.0. The summed E-state index contributed by atoms with van der Waals surface area (Å²) in [5.41, 5.74) is 4.92. The van der Waals surface area contributed by atoms with Crippen molar-refractivity contribution in [2.75, 3.05) is 6.54 Å². The lowest BCUT2D eigenvalue weighted by Gasteiger charge is -2.34. The van der Waals surface area contributed by atoms with Crippen LogP contribution in [0.5, 0.6) is 0 Å². The summed E-state index contributed by atoms with van der Waals surface area (Å²) >= 11 is 0. The summed E-state index contributed by atoms with van der Waals surface area (Å²) in [5.74, 6) is 0.650. The van der Waals surface area contributed by atoms with Crippen LogP contribution in [0.3, 0.4) is 0 Å². The number of hydrogen-bond donors (Lipinski definition) is 2. The number of hydrogen-bond acceptors (Lipinski definition) is 4. The van der Waals surface area contributed by atoms with Crippen LogP contribution in [0.15, 0.2) is 59.6 Å². The smallest absolute Gasteiger partial charge is 0.123 e. The fourth-order valence-electron chi connectivity index (χ4n) is 3.79. The number of halogens is 1. The van der Waals surface area contributed by atoms with Gasteiger partial charge in [-0.1, -0.05) is 0 Å². The first-order valence-corrected chi connectivity index (χ1v) is 8.87. The number of aromatic nitrogens is 4. The largest absolute Gasteiger partial charge is 0.468 e. The van der Waals surface area contributed by atoms with Crippen molar-refractivity contribution in [3.05, 3.63) is 83.7 Å². The average Bonchev–Trinajstić information content (AvgIpc) is 3.44. The number of nitrogens with zero attached hydrogens (tertiary/aromatic N) is 3. The maximum absolute atomic E-state index is 13.4. The summed E-state index contributed by atoms with van der Waals surface area (Å²) in [6.45, 7) is 1.55. The summed E-state index contributed by atoms with van der Waals surface area (Å²) in [6.07, 6.45) is 6.17. The topological polar surface area (TPSA) is 73.7 Å². The number of nitrogens with one attached hydrogen (secondary N) is 2. The molecule has 1 aliphatic rings. The Morgan fingerprint density at radius 3 is 2.93 bits per heavy atom. The van der Waals surface area contributed by atoms with Gasteiger partial charge in [0.1, 0.15) is 11.6 Å². The third kappa shape index (κ3) is 2.86. The zero-order valence-electron chi connectivity index (χ0n) is 14.5. The summed E-state index contributed by atoms with van der Waals surface area (Å²) in [6, 6.07) is 10.3. The maximum atomic E-state index is 13.4. The molecule has 0 bridgehead atoms. The van der Waals surface area contributed by atoms with E-state index >= 15 is 0 Å². The van der Waals surface area contributed by atoms with Crippen LogP contribution in [0, 0.1) is 5.82 Å². The summed E-state index contributed by atoms with van der Waals surface area (Å²) in [7, 11) is 0. The Labute approximate surface area is 155 Å². The van der Waals surface area contributed by atoms with Gasteiger partial charge in [-0.2, -0.15) is 5.10 Å². The molecule has 1 aromatic carbocycles. The third-order valence-electron chi connectivity index (χ3n) is 5.06. The zero-order valence-corrected chi connectivity index (χ0v) is 14.5. The summed E-state index contributed by atoms with van der Waals surface area (Å²) < 4.78 is 18.9. The van der Waals surface area contributed by atoms with Crippen LogP contribution >= 0.6 is 0 Å². The molecule has 3 aromatic heterocycles. The third-order valence-corrected chi connectivity index (χ3v) is 5.06. The second-order valence-electron chi connectivity index (χ2n) is 6.68. The van der Waals surface area contributed by atoms with Crippen LogP contribution in [0.1, 0.15) is 28.8 Å². The van der Waals surface area contributed by atoms with E-state index in [1.54, 1.807) is 24.7 Å². The molecule has 0 amide bonds. The van der Waals surface area contributed by atoms with Crippen LogP contribution < -0.4 is 0 Å². The van der Waals surface area contributed by atoms with Gasteiger partial charge < -0.3 is 9.40 Å². The first-order chi connectivity index (χ1) is 13.3. The molecule has 27 heavy (non-hydrogen) atoms. The van der Waals surface area contributed by atoms with Gasteiger partial charge >= 0.3 is 0 Å². The maximum Gasteiger partial charge on any atom is 0.123 e. The molecular formula is C20H18FN5O. The molecule has 1 aliphatic heterocycles. The Hall–Kier alpha value is -3.19. The molecule has 0 radical (unpaired) electrons. The molecule has 0 saturated carbocycles. The van der Waals surface area contributed by atoms with E-state index in [9.17, 15) is 4.39 Å². The molecule has 2 N–H and O–H groups in total. The van der Waals surface area contributed by atoms with Gasteiger partial charge in [0.15, 0.2) is 0 Å². The standard InChI is InChI=1S/C20H18FN5O/c21-14-5-3-13(4-6-14)18-16(10-24-25-18)20-19-17(22-12-23-19)7-8-26(20)11-15-2-1-9-27-15/h1-6,9-10,12,20H,7-8,11H2,(H,22,23)(H,24,25). The number of aromatic amines is 2. The highest BCUT2D eigenvalue weighted by Gasteiger charge is 2.34. The fraction of sp³-hybridized carbons (Fsp3) is 0.200. The van der Waals surface area contributed by atoms with Gasteiger partial charge in [0.25, 0.3) is 0 Å². The van der Waals surface area contributed by atoms with Gasteiger partial charge in [-0.25, -0.2) is 9.37 Å². The highest BCUT2D eigenvalue weighted by Crippen LogP contribution is 2.38. The minimum atomic E-state index is -0.258. The van der Waals surface area contributed by atoms with Gasteiger partial charge in [0.2, 0.25) is 0 Å². The molecule has 0 saturated heterocycles. The van der Waals surface area contributed by atoms with Gasteiger partial charge in [-0.15, -0.1) is 0 Å². The molecule has 0 spiro atoms. The normalized spacial score (nSPS) is 17.1. The Morgan fingerprint density at radius 1 is 1.22 bits per heavy atom. The molecule has 136 valence electrons. The van der Waals surface area contributed by atoms with Crippen molar-refractivity contribution >= 4 is 0 Å². The zero-order chi connectivity index (χ0) is 18.2. The van der Waals surface area contributed by atoms with E-state index in [2.05, 4.69) is 25.1 Å². The summed E-state index contributed by atoms with van der Waals surface area (Å²) in [4.78, 5) is 10.2. The van der Waals surface area contributed by atoms with E-state index < -0.39 is 0 Å². The highest BCUT2D eigenvalue weighted by atomic mass is 19.1. The molecule has 4 heterocycles. The monoisotopic (exact) mass is 363 g/mol. The van der Waals surface area contributed by atoms with Gasteiger partial charge in [0.05, 0.1) is 42.8 Å². The van der Waals surface area contributed by atoms with E-state index in [1.165, 1.54) is 12.1 Å². The minimum absolute atomic E-state index is 0.0658.